The summed E-state index contributed by atoms with van der Waals surface area (Å²) in [5, 5.41) is 3.45. The first-order chi connectivity index (χ1) is 6.83. The summed E-state index contributed by atoms with van der Waals surface area (Å²) in [6.07, 6.45) is 5.02. The first-order valence-corrected chi connectivity index (χ1v) is 5.73. The van der Waals surface area contributed by atoms with E-state index in [1.165, 1.54) is 25.7 Å². The van der Waals surface area contributed by atoms with E-state index in [-0.39, 0.29) is 11.9 Å². The van der Waals surface area contributed by atoms with Crippen LogP contribution in [0.1, 0.15) is 32.6 Å². The van der Waals surface area contributed by atoms with E-state index in [9.17, 15) is 4.79 Å². The molecule has 0 aromatic rings. The summed E-state index contributed by atoms with van der Waals surface area (Å²) in [7, 11) is 0. The van der Waals surface area contributed by atoms with Crippen LogP contribution in [0.3, 0.4) is 0 Å². The molecule has 1 heterocycles. The molecule has 3 atom stereocenters. The molecule has 1 aliphatic carbocycles. The molecule has 0 bridgehead atoms. The summed E-state index contributed by atoms with van der Waals surface area (Å²) in [6, 6.07) is 0.582. The highest BCUT2D eigenvalue weighted by Gasteiger charge is 2.41. The Hall–Kier alpha value is -0.570. The lowest BCUT2D eigenvalue weighted by Crippen LogP contribution is -2.31. The van der Waals surface area contributed by atoms with Gasteiger partial charge in [0, 0.05) is 12.6 Å². The van der Waals surface area contributed by atoms with Crippen LogP contribution in [0, 0.1) is 11.8 Å². The van der Waals surface area contributed by atoms with Gasteiger partial charge in [-0.3, -0.25) is 4.79 Å². The van der Waals surface area contributed by atoms with E-state index in [0.29, 0.717) is 18.6 Å². The number of carbonyl (C=O) groups excluding carboxylic acids is 1. The minimum atomic E-state index is 0.00870. The number of ether oxygens (including phenoxy) is 1. The van der Waals surface area contributed by atoms with Gasteiger partial charge in [0.15, 0.2) is 0 Å². The van der Waals surface area contributed by atoms with Crippen molar-refractivity contribution in [2.45, 2.75) is 38.6 Å². The van der Waals surface area contributed by atoms with Gasteiger partial charge in [0.1, 0.15) is 0 Å². The van der Waals surface area contributed by atoms with Crippen LogP contribution in [0.2, 0.25) is 0 Å². The zero-order valence-corrected chi connectivity index (χ0v) is 8.79. The van der Waals surface area contributed by atoms with Gasteiger partial charge in [-0.05, 0) is 25.7 Å². The number of carbonyl (C=O) groups is 1. The Balaban J connectivity index is 1.96. The number of rotatable bonds is 2. The minimum Gasteiger partial charge on any atom is -0.466 e. The molecule has 2 rings (SSSR count). The number of esters is 1. The Morgan fingerprint density at radius 1 is 1.43 bits per heavy atom. The van der Waals surface area contributed by atoms with Gasteiger partial charge in [-0.2, -0.15) is 0 Å². The molecule has 80 valence electrons. The lowest BCUT2D eigenvalue weighted by atomic mass is 9.80. The maximum atomic E-state index is 11.6. The van der Waals surface area contributed by atoms with E-state index < -0.39 is 0 Å². The zero-order chi connectivity index (χ0) is 9.97. The highest BCUT2D eigenvalue weighted by Crippen LogP contribution is 2.35. The fraction of sp³-hybridized carbons (Fsp3) is 0.909. The second-order valence-corrected chi connectivity index (χ2v) is 4.32. The third kappa shape index (κ3) is 1.78. The van der Waals surface area contributed by atoms with Crippen LogP contribution in [0.25, 0.3) is 0 Å². The second-order valence-electron chi connectivity index (χ2n) is 4.32. The Morgan fingerprint density at radius 3 is 3.00 bits per heavy atom. The van der Waals surface area contributed by atoms with Crippen LogP contribution in [0.15, 0.2) is 0 Å². The molecule has 1 saturated heterocycles. The highest BCUT2D eigenvalue weighted by atomic mass is 16.5. The van der Waals surface area contributed by atoms with Crippen molar-refractivity contribution in [3.63, 3.8) is 0 Å². The lowest BCUT2D eigenvalue weighted by molar-refractivity contribution is -0.149. The van der Waals surface area contributed by atoms with E-state index in [1.807, 2.05) is 6.92 Å². The second kappa shape index (κ2) is 4.30. The van der Waals surface area contributed by atoms with Crippen molar-refractivity contribution in [2.75, 3.05) is 13.2 Å². The fourth-order valence-corrected chi connectivity index (χ4v) is 2.83. The largest absolute Gasteiger partial charge is 0.466 e. The van der Waals surface area contributed by atoms with E-state index in [2.05, 4.69) is 5.32 Å². The van der Waals surface area contributed by atoms with E-state index in [4.69, 9.17) is 4.74 Å². The lowest BCUT2D eigenvalue weighted by Gasteiger charge is -2.27. The van der Waals surface area contributed by atoms with E-state index in [1.54, 1.807) is 0 Å². The van der Waals surface area contributed by atoms with Gasteiger partial charge < -0.3 is 10.1 Å². The average molecular weight is 197 g/mol. The predicted octanol–water partition coefficient (Wildman–Crippen LogP) is 1.33. The summed E-state index contributed by atoms with van der Waals surface area (Å²) >= 11 is 0. The normalized spacial score (nSPS) is 36.5. The molecule has 2 fully saturated rings. The average Bonchev–Trinajstić information content (AvgIpc) is 2.61. The van der Waals surface area contributed by atoms with Gasteiger partial charge in [0.25, 0.3) is 0 Å². The van der Waals surface area contributed by atoms with Crippen LogP contribution < -0.4 is 5.32 Å². The van der Waals surface area contributed by atoms with Gasteiger partial charge in [0.2, 0.25) is 0 Å². The molecule has 2 aliphatic rings. The van der Waals surface area contributed by atoms with E-state index in [0.717, 1.165) is 6.54 Å². The molecule has 0 aromatic carbocycles. The third-order valence-corrected chi connectivity index (χ3v) is 3.53. The van der Waals surface area contributed by atoms with Gasteiger partial charge >= 0.3 is 5.97 Å². The number of hydrogen-bond acceptors (Lipinski definition) is 3. The molecule has 0 amide bonds. The van der Waals surface area contributed by atoms with E-state index >= 15 is 0 Å². The molecule has 1 saturated carbocycles. The number of fused-ring (bicyclic) bond motifs is 1. The van der Waals surface area contributed by atoms with Crippen molar-refractivity contribution in [1.82, 2.24) is 5.32 Å². The van der Waals surface area contributed by atoms with Crippen LogP contribution in [-0.2, 0) is 9.53 Å². The molecule has 1 N–H and O–H groups in total. The van der Waals surface area contributed by atoms with Crippen LogP contribution in [0.5, 0.6) is 0 Å². The number of hydrogen-bond donors (Lipinski definition) is 1. The van der Waals surface area contributed by atoms with Crippen molar-refractivity contribution in [3.8, 4) is 0 Å². The SMILES string of the molecule is CCOC(=O)C1CNC2CCCCC21. The van der Waals surface area contributed by atoms with Gasteiger partial charge in [-0.1, -0.05) is 12.8 Å². The Kier molecular flexibility index (Phi) is 3.06. The topological polar surface area (TPSA) is 38.3 Å². The van der Waals surface area contributed by atoms with Crippen molar-refractivity contribution >= 4 is 5.97 Å². The van der Waals surface area contributed by atoms with Crippen LogP contribution >= 0.6 is 0 Å². The first-order valence-electron chi connectivity index (χ1n) is 5.73. The van der Waals surface area contributed by atoms with Crippen molar-refractivity contribution in [1.29, 1.82) is 0 Å². The molecule has 3 unspecified atom stereocenters. The Morgan fingerprint density at radius 2 is 2.21 bits per heavy atom. The zero-order valence-electron chi connectivity index (χ0n) is 8.79. The smallest absolute Gasteiger partial charge is 0.310 e. The molecular formula is C11H19NO2. The summed E-state index contributed by atoms with van der Waals surface area (Å²) < 4.78 is 5.10. The van der Waals surface area contributed by atoms with Gasteiger partial charge in [-0.25, -0.2) is 0 Å². The standard InChI is InChI=1S/C11H19NO2/c1-2-14-11(13)9-7-12-10-6-4-3-5-8(9)10/h8-10,12H,2-7H2,1H3. The number of nitrogens with one attached hydrogen (secondary N) is 1. The Labute approximate surface area is 85.2 Å². The molecular weight excluding hydrogens is 178 g/mol. The highest BCUT2D eigenvalue weighted by molar-refractivity contribution is 5.73. The molecule has 0 radical (unpaired) electrons. The maximum Gasteiger partial charge on any atom is 0.310 e. The quantitative estimate of drug-likeness (QED) is 0.679. The summed E-state index contributed by atoms with van der Waals surface area (Å²) in [6.45, 7) is 3.21. The molecule has 3 nitrogen and oxygen atoms in total. The maximum absolute atomic E-state index is 11.6. The molecule has 14 heavy (non-hydrogen) atoms. The van der Waals surface area contributed by atoms with Crippen molar-refractivity contribution < 1.29 is 9.53 Å². The third-order valence-electron chi connectivity index (χ3n) is 3.53. The Bertz CT molecular complexity index is 217. The molecule has 1 aliphatic heterocycles. The van der Waals surface area contributed by atoms with Crippen LogP contribution in [0.4, 0.5) is 0 Å². The molecule has 0 aromatic heterocycles. The fourth-order valence-electron chi connectivity index (χ4n) is 2.83. The molecule has 0 spiro atoms. The van der Waals surface area contributed by atoms with Gasteiger partial charge in [-0.15, -0.1) is 0 Å². The van der Waals surface area contributed by atoms with Crippen LogP contribution in [-0.4, -0.2) is 25.2 Å². The predicted molar refractivity (Wildman–Crippen MR) is 53.9 cm³/mol. The first kappa shape index (κ1) is 9.97. The monoisotopic (exact) mass is 197 g/mol. The molecule has 3 heteroatoms. The van der Waals surface area contributed by atoms with Crippen molar-refractivity contribution in [3.05, 3.63) is 0 Å². The summed E-state index contributed by atoms with van der Waals surface area (Å²) in [5.74, 6) is 0.678. The minimum absolute atomic E-state index is 0.00870. The summed E-state index contributed by atoms with van der Waals surface area (Å²) in [5.41, 5.74) is 0. The van der Waals surface area contributed by atoms with Gasteiger partial charge in [0.05, 0.1) is 12.5 Å². The van der Waals surface area contributed by atoms with Crippen molar-refractivity contribution in [2.24, 2.45) is 11.8 Å². The summed E-state index contributed by atoms with van der Waals surface area (Å²) in [4.78, 5) is 11.6.